The van der Waals surface area contributed by atoms with E-state index in [1.807, 2.05) is 23.9 Å². The van der Waals surface area contributed by atoms with E-state index in [0.29, 0.717) is 6.04 Å². The molecule has 1 aromatic heterocycles. The molecule has 0 amide bonds. The van der Waals surface area contributed by atoms with Gasteiger partial charge in [-0.1, -0.05) is 0 Å². The van der Waals surface area contributed by atoms with Crippen molar-refractivity contribution in [3.63, 3.8) is 0 Å². The van der Waals surface area contributed by atoms with Crippen LogP contribution in [-0.2, 0) is 6.42 Å². The van der Waals surface area contributed by atoms with Crippen molar-refractivity contribution in [2.24, 2.45) is 5.73 Å². The summed E-state index contributed by atoms with van der Waals surface area (Å²) in [5.74, 6) is 0. The van der Waals surface area contributed by atoms with E-state index in [-0.39, 0.29) is 6.04 Å². The standard InChI is InChI=1S/C9H17N3/c1-7(2)12-9(4-5-11-12)6-8(3)10/h4-5,7-8H,6,10H2,1-3H3/t8-/m1/s1. The van der Waals surface area contributed by atoms with E-state index in [1.165, 1.54) is 5.69 Å². The molecule has 3 heteroatoms. The van der Waals surface area contributed by atoms with Gasteiger partial charge in [-0.3, -0.25) is 4.68 Å². The van der Waals surface area contributed by atoms with Crippen molar-refractivity contribution in [2.75, 3.05) is 0 Å². The van der Waals surface area contributed by atoms with Crippen molar-refractivity contribution in [1.29, 1.82) is 0 Å². The van der Waals surface area contributed by atoms with Crippen LogP contribution in [0.4, 0.5) is 0 Å². The van der Waals surface area contributed by atoms with Gasteiger partial charge in [0.2, 0.25) is 0 Å². The number of nitrogens with zero attached hydrogens (tertiary/aromatic N) is 2. The summed E-state index contributed by atoms with van der Waals surface area (Å²) in [7, 11) is 0. The summed E-state index contributed by atoms with van der Waals surface area (Å²) in [5, 5.41) is 4.23. The first-order valence-corrected chi connectivity index (χ1v) is 4.39. The molecule has 0 saturated carbocycles. The van der Waals surface area contributed by atoms with Gasteiger partial charge in [-0.05, 0) is 26.8 Å². The molecule has 2 N–H and O–H groups in total. The first kappa shape index (κ1) is 9.26. The van der Waals surface area contributed by atoms with Gasteiger partial charge in [0.1, 0.15) is 0 Å². The molecular weight excluding hydrogens is 150 g/mol. The highest BCUT2D eigenvalue weighted by molar-refractivity contribution is 5.03. The summed E-state index contributed by atoms with van der Waals surface area (Å²) in [5.41, 5.74) is 6.93. The molecule has 0 aliphatic carbocycles. The zero-order valence-corrected chi connectivity index (χ0v) is 7.99. The minimum atomic E-state index is 0.208. The monoisotopic (exact) mass is 167 g/mol. The summed E-state index contributed by atoms with van der Waals surface area (Å²) in [6.07, 6.45) is 2.73. The molecule has 0 spiro atoms. The average Bonchev–Trinajstić information content (AvgIpc) is 2.33. The fourth-order valence-electron chi connectivity index (χ4n) is 1.30. The molecule has 0 saturated heterocycles. The molecule has 0 aromatic carbocycles. The van der Waals surface area contributed by atoms with Crippen LogP contribution in [0.5, 0.6) is 0 Å². The second-order valence-corrected chi connectivity index (χ2v) is 3.54. The normalized spacial score (nSPS) is 13.8. The summed E-state index contributed by atoms with van der Waals surface area (Å²) in [4.78, 5) is 0. The van der Waals surface area contributed by atoms with Crippen molar-refractivity contribution in [3.05, 3.63) is 18.0 Å². The van der Waals surface area contributed by atoms with Crippen LogP contribution < -0.4 is 5.73 Å². The van der Waals surface area contributed by atoms with Gasteiger partial charge in [0, 0.05) is 30.4 Å². The Bertz CT molecular complexity index is 238. The van der Waals surface area contributed by atoms with Gasteiger partial charge in [0.15, 0.2) is 0 Å². The third-order valence-electron chi connectivity index (χ3n) is 1.77. The lowest BCUT2D eigenvalue weighted by Crippen LogP contribution is -2.20. The predicted octanol–water partition coefficient (Wildman–Crippen LogP) is 1.35. The van der Waals surface area contributed by atoms with E-state index in [1.54, 1.807) is 0 Å². The van der Waals surface area contributed by atoms with E-state index < -0.39 is 0 Å². The highest BCUT2D eigenvalue weighted by Crippen LogP contribution is 2.09. The molecule has 0 aliphatic rings. The average molecular weight is 167 g/mol. The molecule has 68 valence electrons. The van der Waals surface area contributed by atoms with Crippen LogP contribution in [0.2, 0.25) is 0 Å². The van der Waals surface area contributed by atoms with Crippen LogP contribution in [0.15, 0.2) is 12.3 Å². The smallest absolute Gasteiger partial charge is 0.0492 e. The number of rotatable bonds is 3. The van der Waals surface area contributed by atoms with E-state index >= 15 is 0 Å². The molecule has 1 rings (SSSR count). The molecular formula is C9H17N3. The molecule has 3 nitrogen and oxygen atoms in total. The van der Waals surface area contributed by atoms with E-state index in [0.717, 1.165) is 6.42 Å². The molecule has 1 aromatic rings. The zero-order valence-electron chi connectivity index (χ0n) is 7.99. The Labute approximate surface area is 73.6 Å². The highest BCUT2D eigenvalue weighted by atomic mass is 15.3. The highest BCUT2D eigenvalue weighted by Gasteiger charge is 2.06. The Morgan fingerprint density at radius 3 is 2.67 bits per heavy atom. The maximum absolute atomic E-state index is 5.71. The number of hydrogen-bond donors (Lipinski definition) is 1. The quantitative estimate of drug-likeness (QED) is 0.738. The van der Waals surface area contributed by atoms with Crippen molar-refractivity contribution in [3.8, 4) is 0 Å². The third-order valence-corrected chi connectivity index (χ3v) is 1.77. The first-order valence-electron chi connectivity index (χ1n) is 4.39. The maximum Gasteiger partial charge on any atom is 0.0492 e. The van der Waals surface area contributed by atoms with Crippen LogP contribution in [0, 0.1) is 0 Å². The van der Waals surface area contributed by atoms with E-state index in [4.69, 9.17) is 5.73 Å². The van der Waals surface area contributed by atoms with Crippen molar-refractivity contribution in [1.82, 2.24) is 9.78 Å². The van der Waals surface area contributed by atoms with Gasteiger partial charge in [-0.2, -0.15) is 5.10 Å². The molecule has 0 aliphatic heterocycles. The Morgan fingerprint density at radius 1 is 1.50 bits per heavy atom. The first-order chi connectivity index (χ1) is 5.61. The molecule has 0 fully saturated rings. The second kappa shape index (κ2) is 3.72. The van der Waals surface area contributed by atoms with Crippen molar-refractivity contribution in [2.45, 2.75) is 39.3 Å². The predicted molar refractivity (Wildman–Crippen MR) is 50.0 cm³/mol. The van der Waals surface area contributed by atoms with Crippen LogP contribution in [-0.4, -0.2) is 15.8 Å². The molecule has 1 atom stereocenters. The molecule has 1 heterocycles. The summed E-state index contributed by atoms with van der Waals surface area (Å²) in [6.45, 7) is 6.26. The van der Waals surface area contributed by atoms with Gasteiger partial charge in [-0.25, -0.2) is 0 Å². The van der Waals surface area contributed by atoms with Gasteiger partial charge < -0.3 is 5.73 Å². The van der Waals surface area contributed by atoms with Gasteiger partial charge >= 0.3 is 0 Å². The fraction of sp³-hybridized carbons (Fsp3) is 0.667. The van der Waals surface area contributed by atoms with Gasteiger partial charge in [0.25, 0.3) is 0 Å². The molecule has 0 unspecified atom stereocenters. The van der Waals surface area contributed by atoms with Crippen molar-refractivity contribution < 1.29 is 0 Å². The van der Waals surface area contributed by atoms with Crippen LogP contribution in [0.25, 0.3) is 0 Å². The lowest BCUT2D eigenvalue weighted by atomic mass is 10.2. The van der Waals surface area contributed by atoms with Crippen LogP contribution >= 0.6 is 0 Å². The Kier molecular flexibility index (Phi) is 2.87. The van der Waals surface area contributed by atoms with Crippen molar-refractivity contribution >= 4 is 0 Å². The molecule has 12 heavy (non-hydrogen) atoms. The maximum atomic E-state index is 5.71. The summed E-state index contributed by atoms with van der Waals surface area (Å²) in [6, 6.07) is 2.66. The number of aromatic nitrogens is 2. The Morgan fingerprint density at radius 2 is 2.17 bits per heavy atom. The summed E-state index contributed by atoms with van der Waals surface area (Å²) >= 11 is 0. The topological polar surface area (TPSA) is 43.8 Å². The lowest BCUT2D eigenvalue weighted by molar-refractivity contribution is 0.500. The fourth-order valence-corrected chi connectivity index (χ4v) is 1.30. The minimum Gasteiger partial charge on any atom is -0.328 e. The Hall–Kier alpha value is -0.830. The van der Waals surface area contributed by atoms with E-state index in [2.05, 4.69) is 18.9 Å². The third kappa shape index (κ3) is 2.08. The van der Waals surface area contributed by atoms with Crippen LogP contribution in [0.1, 0.15) is 32.5 Å². The second-order valence-electron chi connectivity index (χ2n) is 3.54. The SMILES string of the molecule is CC(C)n1nccc1C[C@@H](C)N. The van der Waals surface area contributed by atoms with E-state index in [9.17, 15) is 0 Å². The molecule has 0 bridgehead atoms. The number of nitrogens with two attached hydrogens (primary N) is 1. The zero-order chi connectivity index (χ0) is 9.14. The summed E-state index contributed by atoms with van der Waals surface area (Å²) < 4.78 is 2.02. The van der Waals surface area contributed by atoms with Crippen LogP contribution in [0.3, 0.4) is 0 Å². The number of hydrogen-bond acceptors (Lipinski definition) is 2. The minimum absolute atomic E-state index is 0.208. The Balaban J connectivity index is 2.77. The lowest BCUT2D eigenvalue weighted by Gasteiger charge is -2.12. The van der Waals surface area contributed by atoms with Gasteiger partial charge in [0.05, 0.1) is 0 Å². The van der Waals surface area contributed by atoms with Gasteiger partial charge in [-0.15, -0.1) is 0 Å². The largest absolute Gasteiger partial charge is 0.328 e. The molecule has 0 radical (unpaired) electrons.